The van der Waals surface area contributed by atoms with Crippen LogP contribution in [0, 0.1) is 0 Å². The third-order valence-electron chi connectivity index (χ3n) is 4.67. The standard InChI is InChI=1S/C25H23N3O2/c29-25(27-17-16-26-21-7-2-1-3-8-21)20-11-14-23(15-12-20)30-18-22-13-10-19-6-4-5-9-24(19)28-22/h1-15,26H,16-18H2,(H,27,29). The van der Waals surface area contributed by atoms with Gasteiger partial charge in [-0.25, -0.2) is 4.98 Å². The maximum Gasteiger partial charge on any atom is 0.251 e. The van der Waals surface area contributed by atoms with Crippen molar-refractivity contribution in [3.63, 3.8) is 0 Å². The quantitative estimate of drug-likeness (QED) is 0.425. The molecule has 1 aromatic heterocycles. The zero-order valence-electron chi connectivity index (χ0n) is 16.5. The van der Waals surface area contributed by atoms with Crippen LogP contribution in [-0.2, 0) is 6.61 Å². The zero-order chi connectivity index (χ0) is 20.6. The van der Waals surface area contributed by atoms with E-state index in [1.54, 1.807) is 24.3 Å². The summed E-state index contributed by atoms with van der Waals surface area (Å²) in [7, 11) is 0. The molecule has 1 amide bonds. The maximum atomic E-state index is 12.3. The fourth-order valence-electron chi connectivity index (χ4n) is 3.09. The van der Waals surface area contributed by atoms with Gasteiger partial charge in [0, 0.05) is 29.7 Å². The SMILES string of the molecule is O=C(NCCNc1ccccc1)c1ccc(OCc2ccc3ccccc3n2)cc1. The van der Waals surface area contributed by atoms with Crippen LogP contribution in [0.4, 0.5) is 5.69 Å². The van der Waals surface area contributed by atoms with Gasteiger partial charge >= 0.3 is 0 Å². The van der Waals surface area contributed by atoms with Crippen molar-refractivity contribution in [1.82, 2.24) is 10.3 Å². The van der Waals surface area contributed by atoms with Crippen LogP contribution in [0.1, 0.15) is 16.1 Å². The van der Waals surface area contributed by atoms with Crippen molar-refractivity contribution in [2.24, 2.45) is 0 Å². The van der Waals surface area contributed by atoms with Crippen LogP contribution in [0.3, 0.4) is 0 Å². The van der Waals surface area contributed by atoms with Crippen LogP contribution < -0.4 is 15.4 Å². The Balaban J connectivity index is 1.25. The van der Waals surface area contributed by atoms with E-state index in [1.807, 2.05) is 66.7 Å². The van der Waals surface area contributed by atoms with Gasteiger partial charge in [0.25, 0.3) is 5.91 Å². The molecule has 0 radical (unpaired) electrons. The van der Waals surface area contributed by atoms with Crippen LogP contribution in [0.25, 0.3) is 10.9 Å². The molecule has 2 N–H and O–H groups in total. The second kappa shape index (κ2) is 9.56. The van der Waals surface area contributed by atoms with Crippen molar-refractivity contribution < 1.29 is 9.53 Å². The number of aromatic nitrogens is 1. The van der Waals surface area contributed by atoms with Crippen LogP contribution in [-0.4, -0.2) is 24.0 Å². The van der Waals surface area contributed by atoms with Gasteiger partial charge in [-0.1, -0.05) is 42.5 Å². The lowest BCUT2D eigenvalue weighted by atomic mass is 10.2. The van der Waals surface area contributed by atoms with Crippen LogP contribution >= 0.6 is 0 Å². The Hall–Kier alpha value is -3.86. The van der Waals surface area contributed by atoms with E-state index in [9.17, 15) is 4.79 Å². The number of amides is 1. The monoisotopic (exact) mass is 397 g/mol. The summed E-state index contributed by atoms with van der Waals surface area (Å²) >= 11 is 0. The van der Waals surface area contributed by atoms with E-state index in [1.165, 1.54) is 0 Å². The zero-order valence-corrected chi connectivity index (χ0v) is 16.5. The van der Waals surface area contributed by atoms with E-state index in [-0.39, 0.29) is 5.91 Å². The summed E-state index contributed by atoms with van der Waals surface area (Å²) in [6, 6.07) is 29.1. The summed E-state index contributed by atoms with van der Waals surface area (Å²) in [6.07, 6.45) is 0. The molecule has 0 bridgehead atoms. The van der Waals surface area contributed by atoms with Crippen LogP contribution in [0.15, 0.2) is 91.0 Å². The number of hydrogen-bond donors (Lipinski definition) is 2. The average molecular weight is 397 g/mol. The van der Waals surface area contributed by atoms with E-state index in [0.29, 0.717) is 31.0 Å². The van der Waals surface area contributed by atoms with Gasteiger partial charge in [0.15, 0.2) is 0 Å². The second-order valence-electron chi connectivity index (χ2n) is 6.86. The fraction of sp³-hybridized carbons (Fsp3) is 0.120. The minimum atomic E-state index is -0.104. The number of para-hydroxylation sites is 2. The number of ether oxygens (including phenoxy) is 1. The molecule has 0 aliphatic heterocycles. The number of anilines is 1. The highest BCUT2D eigenvalue weighted by Crippen LogP contribution is 2.16. The highest BCUT2D eigenvalue weighted by atomic mass is 16.5. The predicted octanol–water partition coefficient (Wildman–Crippen LogP) is 4.66. The van der Waals surface area contributed by atoms with Crippen LogP contribution in [0.2, 0.25) is 0 Å². The summed E-state index contributed by atoms with van der Waals surface area (Å²) in [5.74, 6) is 0.597. The summed E-state index contributed by atoms with van der Waals surface area (Å²) in [5, 5.41) is 7.28. The molecule has 0 aliphatic rings. The molecular weight excluding hydrogens is 374 g/mol. The Morgan fingerprint density at radius 1 is 0.800 bits per heavy atom. The van der Waals surface area contributed by atoms with Crippen molar-refractivity contribution in [3.05, 3.63) is 102 Å². The Kier molecular flexibility index (Phi) is 6.20. The molecule has 0 aliphatic carbocycles. The van der Waals surface area contributed by atoms with Gasteiger partial charge in [0.1, 0.15) is 12.4 Å². The first kappa shape index (κ1) is 19.5. The van der Waals surface area contributed by atoms with E-state index in [2.05, 4.69) is 15.6 Å². The van der Waals surface area contributed by atoms with Crippen LogP contribution in [0.5, 0.6) is 5.75 Å². The number of nitrogens with one attached hydrogen (secondary N) is 2. The van der Waals surface area contributed by atoms with Gasteiger partial charge in [-0.15, -0.1) is 0 Å². The van der Waals surface area contributed by atoms with E-state index >= 15 is 0 Å². The molecule has 30 heavy (non-hydrogen) atoms. The maximum absolute atomic E-state index is 12.3. The summed E-state index contributed by atoms with van der Waals surface area (Å²) in [4.78, 5) is 16.9. The van der Waals surface area contributed by atoms with Gasteiger partial charge in [-0.05, 0) is 48.5 Å². The number of fused-ring (bicyclic) bond motifs is 1. The van der Waals surface area contributed by atoms with Crippen molar-refractivity contribution in [3.8, 4) is 5.75 Å². The van der Waals surface area contributed by atoms with E-state index in [4.69, 9.17) is 4.74 Å². The molecule has 0 saturated carbocycles. The topological polar surface area (TPSA) is 63.2 Å². The van der Waals surface area contributed by atoms with Crippen molar-refractivity contribution in [2.75, 3.05) is 18.4 Å². The lowest BCUT2D eigenvalue weighted by Crippen LogP contribution is -2.28. The predicted molar refractivity (Wildman–Crippen MR) is 120 cm³/mol. The highest BCUT2D eigenvalue weighted by Gasteiger charge is 2.06. The number of carbonyl (C=O) groups excluding carboxylic acids is 1. The lowest BCUT2D eigenvalue weighted by molar-refractivity contribution is 0.0955. The van der Waals surface area contributed by atoms with E-state index in [0.717, 1.165) is 22.3 Å². The number of hydrogen-bond acceptors (Lipinski definition) is 4. The third kappa shape index (κ3) is 5.14. The first-order valence-electron chi connectivity index (χ1n) is 9.92. The second-order valence-corrected chi connectivity index (χ2v) is 6.86. The molecule has 3 aromatic carbocycles. The molecule has 0 fully saturated rings. The van der Waals surface area contributed by atoms with E-state index < -0.39 is 0 Å². The molecule has 5 nitrogen and oxygen atoms in total. The van der Waals surface area contributed by atoms with Gasteiger partial charge in [0.05, 0.1) is 11.2 Å². The Morgan fingerprint density at radius 3 is 2.40 bits per heavy atom. The highest BCUT2D eigenvalue weighted by molar-refractivity contribution is 5.94. The third-order valence-corrected chi connectivity index (χ3v) is 4.67. The number of pyridine rings is 1. The van der Waals surface area contributed by atoms with Crippen molar-refractivity contribution >= 4 is 22.5 Å². The molecule has 5 heteroatoms. The largest absolute Gasteiger partial charge is 0.487 e. The number of carbonyl (C=O) groups is 1. The number of rotatable bonds is 8. The molecule has 4 rings (SSSR count). The average Bonchev–Trinajstić information content (AvgIpc) is 2.81. The minimum absolute atomic E-state index is 0.104. The molecule has 0 unspecified atom stereocenters. The van der Waals surface area contributed by atoms with Gasteiger partial charge in [0.2, 0.25) is 0 Å². The van der Waals surface area contributed by atoms with Crippen molar-refractivity contribution in [2.45, 2.75) is 6.61 Å². The molecule has 4 aromatic rings. The number of benzene rings is 3. The van der Waals surface area contributed by atoms with Gasteiger partial charge < -0.3 is 15.4 Å². The molecule has 0 atom stereocenters. The first-order valence-corrected chi connectivity index (χ1v) is 9.92. The summed E-state index contributed by atoms with van der Waals surface area (Å²) in [5.41, 5.74) is 3.45. The summed E-state index contributed by atoms with van der Waals surface area (Å²) in [6.45, 7) is 1.58. The first-order chi connectivity index (χ1) is 14.8. The number of nitrogens with zero attached hydrogens (tertiary/aromatic N) is 1. The molecule has 0 saturated heterocycles. The Morgan fingerprint density at radius 2 is 1.57 bits per heavy atom. The van der Waals surface area contributed by atoms with Gasteiger partial charge in [-0.2, -0.15) is 0 Å². The Labute approximate surface area is 175 Å². The van der Waals surface area contributed by atoms with Gasteiger partial charge in [-0.3, -0.25) is 4.79 Å². The fourth-order valence-corrected chi connectivity index (χ4v) is 3.09. The molecular formula is C25H23N3O2. The molecule has 150 valence electrons. The van der Waals surface area contributed by atoms with Crippen molar-refractivity contribution in [1.29, 1.82) is 0 Å². The molecule has 0 spiro atoms. The smallest absolute Gasteiger partial charge is 0.251 e. The minimum Gasteiger partial charge on any atom is -0.487 e. The molecule has 1 heterocycles. The summed E-state index contributed by atoms with van der Waals surface area (Å²) < 4.78 is 5.82. The normalized spacial score (nSPS) is 10.5. The lowest BCUT2D eigenvalue weighted by Gasteiger charge is -2.09. The Bertz CT molecular complexity index is 1110.